The van der Waals surface area contributed by atoms with Crippen LogP contribution in [0.3, 0.4) is 0 Å². The summed E-state index contributed by atoms with van der Waals surface area (Å²) in [5.74, 6) is 0. The molecule has 0 bridgehead atoms. The van der Waals surface area contributed by atoms with Crippen LogP contribution in [0.15, 0.2) is 0 Å². The Kier molecular flexibility index (Phi) is 2.46. The van der Waals surface area contributed by atoms with Crippen molar-refractivity contribution >= 4 is 0 Å². The van der Waals surface area contributed by atoms with Crippen molar-refractivity contribution in [3.63, 3.8) is 0 Å². The number of rotatable bonds is 2. The highest BCUT2D eigenvalue weighted by Crippen LogP contribution is 2.16. The van der Waals surface area contributed by atoms with Crippen LogP contribution in [0.4, 0.5) is 4.39 Å². The lowest BCUT2D eigenvalue weighted by atomic mass is 10.2. The largest absolute Gasteiger partial charge is 0.298 e. The highest BCUT2D eigenvalue weighted by Gasteiger charge is 2.21. The molecule has 1 rings (SSSR count). The second kappa shape index (κ2) is 3.16. The number of halogens is 1. The van der Waals surface area contributed by atoms with E-state index in [4.69, 9.17) is 0 Å². The summed E-state index contributed by atoms with van der Waals surface area (Å²) in [6.07, 6.45) is 2.24. The van der Waals surface area contributed by atoms with Crippen molar-refractivity contribution in [3.8, 4) is 0 Å². The van der Waals surface area contributed by atoms with Gasteiger partial charge in [0, 0.05) is 6.04 Å². The van der Waals surface area contributed by atoms with E-state index in [2.05, 4.69) is 11.8 Å². The summed E-state index contributed by atoms with van der Waals surface area (Å²) in [6, 6.07) is 0.245. The second-order valence-electron chi connectivity index (χ2n) is 2.58. The van der Waals surface area contributed by atoms with E-state index in [1.807, 2.05) is 0 Å². The third-order valence-electron chi connectivity index (χ3n) is 2.08. The third kappa shape index (κ3) is 1.42. The van der Waals surface area contributed by atoms with E-state index in [1.165, 1.54) is 6.42 Å². The van der Waals surface area contributed by atoms with Gasteiger partial charge in [0.2, 0.25) is 0 Å². The summed E-state index contributed by atoms with van der Waals surface area (Å²) in [6.45, 7) is 4.04. The first-order chi connectivity index (χ1) is 4.38. The minimum atomic E-state index is -0.159. The Hall–Kier alpha value is -0.110. The Balaban J connectivity index is 2.32. The Morgan fingerprint density at radius 1 is 1.67 bits per heavy atom. The first-order valence-electron chi connectivity index (χ1n) is 3.68. The smallest absolute Gasteiger partial charge is 0.105 e. The van der Waals surface area contributed by atoms with Gasteiger partial charge in [-0.3, -0.25) is 4.90 Å². The molecule has 9 heavy (non-hydrogen) atoms. The molecule has 0 aromatic carbocycles. The van der Waals surface area contributed by atoms with Gasteiger partial charge >= 0.3 is 0 Å². The summed E-state index contributed by atoms with van der Waals surface area (Å²) in [5.41, 5.74) is 0. The van der Waals surface area contributed by atoms with Crippen molar-refractivity contribution in [2.24, 2.45) is 0 Å². The average Bonchev–Trinajstić information content (AvgIpc) is 2.33. The van der Waals surface area contributed by atoms with Crippen molar-refractivity contribution in [1.82, 2.24) is 4.90 Å². The van der Waals surface area contributed by atoms with Crippen LogP contribution in [-0.4, -0.2) is 30.7 Å². The lowest BCUT2D eigenvalue weighted by Gasteiger charge is -2.18. The van der Waals surface area contributed by atoms with Crippen LogP contribution in [0, 0.1) is 0 Å². The quantitative estimate of drug-likeness (QED) is 0.548. The van der Waals surface area contributed by atoms with E-state index in [9.17, 15) is 4.39 Å². The number of likely N-dealkylation sites (tertiary alicyclic amines) is 1. The summed E-state index contributed by atoms with van der Waals surface area (Å²) in [4.78, 5) is 2.21. The fourth-order valence-electron chi connectivity index (χ4n) is 1.49. The Labute approximate surface area is 55.8 Å². The molecule has 0 aromatic rings. The molecule has 1 aliphatic rings. The molecule has 0 radical (unpaired) electrons. The van der Waals surface area contributed by atoms with Gasteiger partial charge in [0.05, 0.1) is 0 Å². The van der Waals surface area contributed by atoms with E-state index in [0.717, 1.165) is 19.5 Å². The van der Waals surface area contributed by atoms with Gasteiger partial charge in [-0.1, -0.05) is 6.92 Å². The summed E-state index contributed by atoms with van der Waals surface area (Å²) in [5, 5.41) is 0. The van der Waals surface area contributed by atoms with Crippen LogP contribution < -0.4 is 0 Å². The van der Waals surface area contributed by atoms with Crippen LogP contribution in [0.2, 0.25) is 0 Å². The molecule has 1 fully saturated rings. The van der Waals surface area contributed by atoms with E-state index in [0.29, 0.717) is 0 Å². The number of hydrogen-bond donors (Lipinski definition) is 0. The standard InChI is InChI=1S/C7H14FN/c1-2-9-5-3-4-7(9)6-8/h7H,2-6H2,1H3/t7-/m1/s1. The summed E-state index contributed by atoms with van der Waals surface area (Å²) in [7, 11) is 0. The van der Waals surface area contributed by atoms with Gasteiger partial charge in [-0.05, 0) is 25.9 Å². The van der Waals surface area contributed by atoms with Gasteiger partial charge in [-0.2, -0.15) is 0 Å². The summed E-state index contributed by atoms with van der Waals surface area (Å²) >= 11 is 0. The molecule has 54 valence electrons. The van der Waals surface area contributed by atoms with Gasteiger partial charge in [0.15, 0.2) is 0 Å². The van der Waals surface area contributed by atoms with Gasteiger partial charge in [-0.25, -0.2) is 4.39 Å². The van der Waals surface area contributed by atoms with Crippen molar-refractivity contribution in [2.45, 2.75) is 25.8 Å². The van der Waals surface area contributed by atoms with Crippen LogP contribution >= 0.6 is 0 Å². The molecule has 0 saturated carbocycles. The monoisotopic (exact) mass is 131 g/mol. The number of alkyl halides is 1. The molecule has 1 atom stereocenters. The molecule has 0 amide bonds. The summed E-state index contributed by atoms with van der Waals surface area (Å²) < 4.78 is 12.1. The topological polar surface area (TPSA) is 3.24 Å². The minimum absolute atomic E-state index is 0.159. The molecule has 1 saturated heterocycles. The first-order valence-corrected chi connectivity index (χ1v) is 3.68. The lowest BCUT2D eigenvalue weighted by molar-refractivity contribution is 0.224. The predicted octanol–water partition coefficient (Wildman–Crippen LogP) is 1.44. The Bertz CT molecular complexity index is 75.0. The predicted molar refractivity (Wildman–Crippen MR) is 36.2 cm³/mol. The molecule has 1 aliphatic heterocycles. The van der Waals surface area contributed by atoms with E-state index >= 15 is 0 Å². The molecule has 0 aromatic heterocycles. The van der Waals surface area contributed by atoms with Gasteiger partial charge in [-0.15, -0.1) is 0 Å². The van der Waals surface area contributed by atoms with Crippen LogP contribution in [0.1, 0.15) is 19.8 Å². The highest BCUT2D eigenvalue weighted by atomic mass is 19.1. The fourth-order valence-corrected chi connectivity index (χ4v) is 1.49. The molecule has 0 aliphatic carbocycles. The average molecular weight is 131 g/mol. The Morgan fingerprint density at radius 2 is 2.44 bits per heavy atom. The molecular weight excluding hydrogens is 117 g/mol. The van der Waals surface area contributed by atoms with Crippen LogP contribution in [-0.2, 0) is 0 Å². The van der Waals surface area contributed by atoms with Crippen molar-refractivity contribution < 1.29 is 4.39 Å². The lowest BCUT2D eigenvalue weighted by Crippen LogP contribution is -2.30. The van der Waals surface area contributed by atoms with Gasteiger partial charge < -0.3 is 0 Å². The van der Waals surface area contributed by atoms with E-state index in [1.54, 1.807) is 0 Å². The first kappa shape index (κ1) is 7.00. The Morgan fingerprint density at radius 3 is 2.89 bits per heavy atom. The molecule has 1 nitrogen and oxygen atoms in total. The molecule has 2 heteroatoms. The maximum atomic E-state index is 12.1. The van der Waals surface area contributed by atoms with Crippen LogP contribution in [0.5, 0.6) is 0 Å². The maximum absolute atomic E-state index is 12.1. The fraction of sp³-hybridized carbons (Fsp3) is 1.00. The molecule has 1 heterocycles. The SMILES string of the molecule is CCN1CCC[C@@H]1CF. The van der Waals surface area contributed by atoms with E-state index < -0.39 is 0 Å². The minimum Gasteiger partial charge on any atom is -0.298 e. The van der Waals surface area contributed by atoms with Crippen molar-refractivity contribution in [2.75, 3.05) is 19.8 Å². The zero-order valence-corrected chi connectivity index (χ0v) is 5.94. The number of hydrogen-bond acceptors (Lipinski definition) is 1. The van der Waals surface area contributed by atoms with Gasteiger partial charge in [0.25, 0.3) is 0 Å². The normalized spacial score (nSPS) is 29.3. The zero-order chi connectivity index (χ0) is 6.69. The third-order valence-corrected chi connectivity index (χ3v) is 2.08. The zero-order valence-electron chi connectivity index (χ0n) is 5.94. The molecule has 0 spiro atoms. The van der Waals surface area contributed by atoms with Gasteiger partial charge in [0.1, 0.15) is 6.67 Å². The maximum Gasteiger partial charge on any atom is 0.105 e. The van der Waals surface area contributed by atoms with E-state index in [-0.39, 0.29) is 12.7 Å². The van der Waals surface area contributed by atoms with Crippen LogP contribution in [0.25, 0.3) is 0 Å². The molecule has 0 N–H and O–H groups in total. The molecule has 0 unspecified atom stereocenters. The highest BCUT2D eigenvalue weighted by molar-refractivity contribution is 4.76. The van der Waals surface area contributed by atoms with Crippen molar-refractivity contribution in [1.29, 1.82) is 0 Å². The number of nitrogens with zero attached hydrogens (tertiary/aromatic N) is 1. The van der Waals surface area contributed by atoms with Crippen molar-refractivity contribution in [3.05, 3.63) is 0 Å². The second-order valence-corrected chi connectivity index (χ2v) is 2.58. The molecular formula is C7H14FN.